The number of fused-ring (bicyclic) bond motifs is 2. The van der Waals surface area contributed by atoms with Gasteiger partial charge in [-0.1, -0.05) is 78.4 Å². The van der Waals surface area contributed by atoms with Crippen LogP contribution in [0.15, 0.2) is 105 Å². The first kappa shape index (κ1) is 26.2. The van der Waals surface area contributed by atoms with Crippen molar-refractivity contribution >= 4 is 52.0 Å². The molecule has 1 aliphatic heterocycles. The van der Waals surface area contributed by atoms with E-state index in [1.54, 1.807) is 11.8 Å². The molecule has 4 rings (SSSR count). The molecular weight excluding hydrogens is 504 g/mol. The first-order valence-electron chi connectivity index (χ1n) is 12.0. The fourth-order valence-electron chi connectivity index (χ4n) is 3.74. The van der Waals surface area contributed by atoms with Gasteiger partial charge in [0.1, 0.15) is 0 Å². The van der Waals surface area contributed by atoms with Crippen LogP contribution in [0, 0.1) is 0 Å². The van der Waals surface area contributed by atoms with E-state index < -0.39 is 0 Å². The fourth-order valence-corrected chi connectivity index (χ4v) is 5.79. The Morgan fingerprint density at radius 1 is 1.08 bits per heavy atom. The molecule has 0 spiro atoms. The normalized spacial score (nSPS) is 13.7. The van der Waals surface area contributed by atoms with Gasteiger partial charge in [-0.2, -0.15) is 0 Å². The molecule has 0 unspecified atom stereocenters. The highest BCUT2D eigenvalue weighted by Crippen LogP contribution is 2.42. The number of nitrogens with zero attached hydrogens (tertiary/aromatic N) is 1. The van der Waals surface area contributed by atoms with Gasteiger partial charge in [-0.15, -0.1) is 11.3 Å². The second-order valence-electron chi connectivity index (χ2n) is 8.46. The lowest BCUT2D eigenvalue weighted by molar-refractivity contribution is 0.0954. The number of halogens is 1. The molecule has 184 valence electrons. The summed E-state index contributed by atoms with van der Waals surface area (Å²) in [7, 11) is 0. The lowest BCUT2D eigenvalue weighted by Gasteiger charge is -2.09. The van der Waals surface area contributed by atoms with E-state index in [1.807, 2.05) is 55.5 Å². The lowest BCUT2D eigenvalue weighted by Crippen LogP contribution is -2.24. The number of nitrogens with one attached hydrogen (secondary N) is 1. The van der Waals surface area contributed by atoms with Crippen molar-refractivity contribution in [2.24, 2.45) is 4.99 Å². The number of rotatable bonds is 8. The molecule has 0 saturated carbocycles. The van der Waals surface area contributed by atoms with Crippen molar-refractivity contribution in [3.05, 3.63) is 110 Å². The number of carbonyl (C=O) groups is 1. The largest absolute Gasteiger partial charge is 0.352 e. The minimum Gasteiger partial charge on any atom is -0.352 e. The Hall–Kier alpha value is -2.86. The van der Waals surface area contributed by atoms with Crippen LogP contribution in [-0.2, 0) is 0 Å². The molecule has 1 aliphatic rings. The number of hydrogen-bond acceptors (Lipinski definition) is 4. The van der Waals surface area contributed by atoms with E-state index in [0.717, 1.165) is 48.8 Å². The number of hydrogen-bond donors (Lipinski definition) is 1. The molecule has 0 bridgehead atoms. The molecule has 6 heteroatoms. The van der Waals surface area contributed by atoms with E-state index >= 15 is 0 Å². The first-order valence-corrected chi connectivity index (χ1v) is 14.0. The third kappa shape index (κ3) is 6.47. The summed E-state index contributed by atoms with van der Waals surface area (Å²) in [6.45, 7) is 6.85. The number of benzene rings is 2. The summed E-state index contributed by atoms with van der Waals surface area (Å²) in [6, 6.07) is 17.9. The van der Waals surface area contributed by atoms with Gasteiger partial charge in [0.15, 0.2) is 0 Å². The van der Waals surface area contributed by atoms with Gasteiger partial charge in [-0.3, -0.25) is 4.79 Å². The average Bonchev–Trinajstić information content (AvgIpc) is 3.24. The van der Waals surface area contributed by atoms with Crippen LogP contribution in [0.1, 0.15) is 54.4 Å². The van der Waals surface area contributed by atoms with E-state index in [9.17, 15) is 4.79 Å². The smallest absolute Gasteiger partial charge is 0.251 e. The Kier molecular flexibility index (Phi) is 9.03. The topological polar surface area (TPSA) is 41.5 Å². The minimum atomic E-state index is -0.0967. The number of aliphatic imine (C=N–C) groups is 1. The highest BCUT2D eigenvalue weighted by molar-refractivity contribution is 7.99. The molecule has 2 heterocycles. The van der Waals surface area contributed by atoms with E-state index in [0.29, 0.717) is 12.1 Å². The molecule has 0 atom stereocenters. The summed E-state index contributed by atoms with van der Waals surface area (Å²) < 4.78 is 0.724. The third-order valence-corrected chi connectivity index (χ3v) is 8.22. The number of allylic oxidation sites excluding steroid dienone is 5. The zero-order valence-electron chi connectivity index (χ0n) is 20.7. The number of amides is 1. The van der Waals surface area contributed by atoms with Crippen molar-refractivity contribution in [3.8, 4) is 0 Å². The molecule has 0 aliphatic carbocycles. The molecule has 0 fully saturated rings. The van der Waals surface area contributed by atoms with Crippen LogP contribution >= 0.6 is 34.7 Å². The lowest BCUT2D eigenvalue weighted by atomic mass is 10.1. The van der Waals surface area contributed by atoms with Gasteiger partial charge in [0.25, 0.3) is 5.91 Å². The highest BCUT2D eigenvalue weighted by atomic mass is 35.5. The Morgan fingerprint density at radius 3 is 2.67 bits per heavy atom. The Labute approximate surface area is 226 Å². The summed E-state index contributed by atoms with van der Waals surface area (Å²) >= 11 is 9.42. The molecule has 1 N–H and O–H groups in total. The van der Waals surface area contributed by atoms with E-state index in [2.05, 4.69) is 49.5 Å². The zero-order valence-corrected chi connectivity index (χ0v) is 23.1. The van der Waals surface area contributed by atoms with Crippen LogP contribution in [0.25, 0.3) is 0 Å². The van der Waals surface area contributed by atoms with Crippen molar-refractivity contribution < 1.29 is 4.79 Å². The Morgan fingerprint density at radius 2 is 1.92 bits per heavy atom. The maximum Gasteiger partial charge on any atom is 0.251 e. The van der Waals surface area contributed by atoms with Crippen molar-refractivity contribution in [2.75, 3.05) is 6.54 Å². The number of carbonyl (C=O) groups excluding carboxylic acids is 1. The van der Waals surface area contributed by atoms with Gasteiger partial charge < -0.3 is 5.32 Å². The second-order valence-corrected chi connectivity index (χ2v) is 11.3. The van der Waals surface area contributed by atoms with Crippen molar-refractivity contribution in [1.82, 2.24) is 5.32 Å². The maximum absolute atomic E-state index is 13.0. The predicted octanol–water partition coefficient (Wildman–Crippen LogP) is 9.01. The van der Waals surface area contributed by atoms with Gasteiger partial charge >= 0.3 is 0 Å². The van der Waals surface area contributed by atoms with Gasteiger partial charge in [-0.25, -0.2) is 4.99 Å². The standard InChI is InChI=1S/C30H29ClN2OS2/c1-4-8-21(12-11-20(3)5-2)17-18-32-30(34)22-13-14-26-24(19-22)33-29(27-15-16-28(31)36-27)23-9-6-7-10-25(23)35-26/h4,6-16,19H,5,17-18H2,1-3H3,(H,32,34)/b8-4-,20-11?,21-12+. The minimum absolute atomic E-state index is 0.0967. The molecule has 2 aromatic carbocycles. The highest BCUT2D eigenvalue weighted by Gasteiger charge is 2.21. The second kappa shape index (κ2) is 12.4. The van der Waals surface area contributed by atoms with Gasteiger partial charge in [0.2, 0.25) is 0 Å². The van der Waals surface area contributed by atoms with Crippen molar-refractivity contribution in [3.63, 3.8) is 0 Å². The van der Waals surface area contributed by atoms with Gasteiger partial charge in [0, 0.05) is 27.5 Å². The van der Waals surface area contributed by atoms with Crippen LogP contribution in [0.5, 0.6) is 0 Å². The van der Waals surface area contributed by atoms with Gasteiger partial charge in [0.05, 0.1) is 20.6 Å². The molecule has 0 saturated heterocycles. The van der Waals surface area contributed by atoms with Crippen molar-refractivity contribution in [1.29, 1.82) is 0 Å². The summed E-state index contributed by atoms with van der Waals surface area (Å²) in [6.07, 6.45) is 10.2. The third-order valence-electron chi connectivity index (χ3n) is 5.84. The fraction of sp³-hybridized carbons (Fsp3) is 0.200. The van der Waals surface area contributed by atoms with E-state index in [1.165, 1.54) is 22.5 Å². The molecular formula is C30H29ClN2OS2. The van der Waals surface area contributed by atoms with Crippen LogP contribution in [0.2, 0.25) is 4.34 Å². The first-order chi connectivity index (χ1) is 17.5. The summed E-state index contributed by atoms with van der Waals surface area (Å²) in [5.74, 6) is -0.0967. The molecule has 3 nitrogen and oxygen atoms in total. The summed E-state index contributed by atoms with van der Waals surface area (Å²) in [4.78, 5) is 21.2. The van der Waals surface area contributed by atoms with E-state index in [4.69, 9.17) is 16.6 Å². The molecule has 1 aromatic heterocycles. The summed E-state index contributed by atoms with van der Waals surface area (Å²) in [5.41, 5.74) is 5.85. The molecule has 36 heavy (non-hydrogen) atoms. The SMILES string of the molecule is C/C=C\C(=C/C=C(C)CC)CCNC(=O)c1ccc2c(c1)N=C(c1ccc(Cl)s1)c1ccccc1S2. The van der Waals surface area contributed by atoms with Crippen LogP contribution in [0.3, 0.4) is 0 Å². The van der Waals surface area contributed by atoms with Crippen LogP contribution in [0.4, 0.5) is 5.69 Å². The Balaban J connectivity index is 1.56. The Bertz CT molecular complexity index is 1380. The predicted molar refractivity (Wildman–Crippen MR) is 156 cm³/mol. The molecule has 3 aromatic rings. The monoisotopic (exact) mass is 532 g/mol. The van der Waals surface area contributed by atoms with Crippen molar-refractivity contribution in [2.45, 2.75) is 43.4 Å². The van der Waals surface area contributed by atoms with Crippen LogP contribution < -0.4 is 5.32 Å². The van der Waals surface area contributed by atoms with E-state index in [-0.39, 0.29) is 5.91 Å². The number of thiophene rings is 1. The van der Waals surface area contributed by atoms with Gasteiger partial charge in [-0.05, 0) is 68.7 Å². The molecule has 1 amide bonds. The summed E-state index contributed by atoms with van der Waals surface area (Å²) in [5, 5.41) is 3.07. The molecule has 0 radical (unpaired) electrons. The quantitative estimate of drug-likeness (QED) is 0.230. The zero-order chi connectivity index (χ0) is 25.5. The maximum atomic E-state index is 13.0. The van der Waals surface area contributed by atoms with Crippen LogP contribution in [-0.4, -0.2) is 18.2 Å². The average molecular weight is 533 g/mol.